The Morgan fingerprint density at radius 3 is 2.23 bits per heavy atom. The summed E-state index contributed by atoms with van der Waals surface area (Å²) in [4.78, 5) is 37.3. The summed E-state index contributed by atoms with van der Waals surface area (Å²) < 4.78 is 0. The zero-order valence-corrected chi connectivity index (χ0v) is 16.0. The van der Waals surface area contributed by atoms with E-state index in [2.05, 4.69) is 5.32 Å². The Morgan fingerprint density at radius 2 is 1.53 bits per heavy atom. The van der Waals surface area contributed by atoms with Crippen molar-refractivity contribution in [2.45, 2.75) is 12.1 Å². The van der Waals surface area contributed by atoms with E-state index < -0.39 is 29.9 Å². The Kier molecular flexibility index (Phi) is 5.20. The predicted octanol–water partition coefficient (Wildman–Crippen LogP) is 2.46. The van der Waals surface area contributed by atoms with Crippen molar-refractivity contribution in [2.24, 2.45) is 0 Å². The van der Waals surface area contributed by atoms with Gasteiger partial charge >= 0.3 is 11.9 Å². The zero-order valence-electron chi connectivity index (χ0n) is 16.0. The maximum Gasteiger partial charge on any atom is 0.328 e. The van der Waals surface area contributed by atoms with Gasteiger partial charge in [-0.3, -0.25) is 9.59 Å². The van der Waals surface area contributed by atoms with Gasteiger partial charge in [-0.15, -0.1) is 0 Å². The number of carboxylic acids is 2. The molecule has 1 amide bonds. The van der Waals surface area contributed by atoms with Gasteiger partial charge < -0.3 is 20.4 Å². The molecule has 0 spiro atoms. The number of amides is 1. The topological polar surface area (TPSA) is 107 Å². The quantitative estimate of drug-likeness (QED) is 0.617. The van der Waals surface area contributed by atoms with E-state index in [-0.39, 0.29) is 13.1 Å². The molecule has 3 aromatic rings. The number of carbonyl (C=O) groups excluding carboxylic acids is 1. The maximum atomic E-state index is 13.1. The smallest absolute Gasteiger partial charge is 0.328 e. The third kappa shape index (κ3) is 3.62. The summed E-state index contributed by atoms with van der Waals surface area (Å²) in [5, 5.41) is 23.3. The van der Waals surface area contributed by atoms with E-state index in [1.807, 2.05) is 54.6 Å². The molecule has 7 nitrogen and oxygen atoms in total. The first-order chi connectivity index (χ1) is 14.5. The molecule has 1 aliphatic rings. The highest BCUT2D eigenvalue weighted by Crippen LogP contribution is 2.26. The second kappa shape index (κ2) is 7.96. The van der Waals surface area contributed by atoms with E-state index in [0.29, 0.717) is 5.56 Å². The van der Waals surface area contributed by atoms with Gasteiger partial charge in [-0.1, -0.05) is 48.5 Å². The Labute approximate surface area is 172 Å². The van der Waals surface area contributed by atoms with Crippen LogP contribution in [0.1, 0.15) is 10.4 Å². The molecule has 0 aromatic heterocycles. The van der Waals surface area contributed by atoms with Crippen molar-refractivity contribution in [1.29, 1.82) is 0 Å². The SMILES string of the molecule is O=C(O)[C@H]1NCCN(C(=O)c2ccc3cc(-c4ccccc4)ccc3c2)[C@H]1C(=O)O. The molecule has 2 atom stereocenters. The third-order valence-electron chi connectivity index (χ3n) is 5.34. The summed E-state index contributed by atoms with van der Waals surface area (Å²) in [5.41, 5.74) is 2.47. The van der Waals surface area contributed by atoms with Crippen molar-refractivity contribution in [3.8, 4) is 11.1 Å². The number of aliphatic carboxylic acids is 2. The second-order valence-electron chi connectivity index (χ2n) is 7.19. The Morgan fingerprint density at radius 1 is 0.833 bits per heavy atom. The number of benzene rings is 3. The van der Waals surface area contributed by atoms with Crippen LogP contribution >= 0.6 is 0 Å². The fourth-order valence-electron chi connectivity index (χ4n) is 3.85. The van der Waals surface area contributed by atoms with Gasteiger partial charge in [0.2, 0.25) is 0 Å². The van der Waals surface area contributed by atoms with Crippen LogP contribution in [0.15, 0.2) is 66.7 Å². The zero-order chi connectivity index (χ0) is 21.3. The Hall–Kier alpha value is -3.71. The van der Waals surface area contributed by atoms with Gasteiger partial charge in [0, 0.05) is 18.7 Å². The molecule has 0 unspecified atom stereocenters. The van der Waals surface area contributed by atoms with Crippen LogP contribution in [0.5, 0.6) is 0 Å². The summed E-state index contributed by atoms with van der Waals surface area (Å²) in [6, 6.07) is 18.2. The van der Waals surface area contributed by atoms with Crippen LogP contribution in [0.4, 0.5) is 0 Å². The standard InChI is InChI=1S/C23H20N2O5/c26-21(25-11-10-24-19(22(27)28)20(25)23(29)30)18-9-8-16-12-15(6-7-17(16)13-18)14-4-2-1-3-5-14/h1-9,12-13,19-20,24H,10-11H2,(H,27,28)(H,29,30)/t19-,20+/m0/s1. The van der Waals surface area contributed by atoms with Gasteiger partial charge in [-0.25, -0.2) is 4.79 Å². The number of nitrogens with one attached hydrogen (secondary N) is 1. The van der Waals surface area contributed by atoms with E-state index in [0.717, 1.165) is 26.8 Å². The summed E-state index contributed by atoms with van der Waals surface area (Å²) in [7, 11) is 0. The van der Waals surface area contributed by atoms with Crippen LogP contribution in [0.2, 0.25) is 0 Å². The molecule has 3 N–H and O–H groups in total. The lowest BCUT2D eigenvalue weighted by molar-refractivity contribution is -0.152. The fourth-order valence-corrected chi connectivity index (χ4v) is 3.85. The molecule has 7 heteroatoms. The monoisotopic (exact) mass is 404 g/mol. The first-order valence-corrected chi connectivity index (χ1v) is 9.55. The average Bonchev–Trinajstić information content (AvgIpc) is 2.77. The molecular weight excluding hydrogens is 384 g/mol. The van der Waals surface area contributed by atoms with Gasteiger partial charge in [-0.05, 0) is 40.1 Å². The lowest BCUT2D eigenvalue weighted by atomic mass is 9.98. The number of hydrogen-bond acceptors (Lipinski definition) is 4. The number of piperazine rings is 1. The molecular formula is C23H20N2O5. The molecule has 0 bridgehead atoms. The van der Waals surface area contributed by atoms with Gasteiger partial charge in [0.05, 0.1) is 0 Å². The van der Waals surface area contributed by atoms with Crippen LogP contribution < -0.4 is 5.32 Å². The number of hydrogen-bond donors (Lipinski definition) is 3. The molecule has 0 saturated carbocycles. The minimum absolute atomic E-state index is 0.116. The maximum absolute atomic E-state index is 13.1. The lowest BCUT2D eigenvalue weighted by Gasteiger charge is -2.37. The second-order valence-corrected chi connectivity index (χ2v) is 7.19. The van der Waals surface area contributed by atoms with Crippen LogP contribution in [-0.2, 0) is 9.59 Å². The summed E-state index contributed by atoms with van der Waals surface area (Å²) in [6.45, 7) is 0.324. The molecule has 0 radical (unpaired) electrons. The molecule has 4 rings (SSSR count). The van der Waals surface area contributed by atoms with Crippen molar-refractivity contribution >= 4 is 28.6 Å². The van der Waals surface area contributed by atoms with Gasteiger partial charge in [-0.2, -0.15) is 0 Å². The van der Waals surface area contributed by atoms with Crippen molar-refractivity contribution in [2.75, 3.05) is 13.1 Å². The largest absolute Gasteiger partial charge is 0.480 e. The van der Waals surface area contributed by atoms with Gasteiger partial charge in [0.15, 0.2) is 6.04 Å². The normalized spacial score (nSPS) is 18.9. The first kappa shape index (κ1) is 19.6. The van der Waals surface area contributed by atoms with Crippen molar-refractivity contribution in [3.63, 3.8) is 0 Å². The first-order valence-electron chi connectivity index (χ1n) is 9.55. The lowest BCUT2D eigenvalue weighted by Crippen LogP contribution is -2.65. The molecule has 0 aliphatic carbocycles. The highest BCUT2D eigenvalue weighted by atomic mass is 16.4. The number of carboxylic acid groups (broad SMARTS) is 2. The molecule has 152 valence electrons. The number of fused-ring (bicyclic) bond motifs is 1. The molecule has 1 aliphatic heterocycles. The number of carbonyl (C=O) groups is 3. The van der Waals surface area contributed by atoms with E-state index in [9.17, 15) is 24.6 Å². The van der Waals surface area contributed by atoms with E-state index in [1.54, 1.807) is 12.1 Å². The third-order valence-corrected chi connectivity index (χ3v) is 5.34. The summed E-state index contributed by atoms with van der Waals surface area (Å²) in [5.74, 6) is -3.15. The molecule has 3 aromatic carbocycles. The van der Waals surface area contributed by atoms with Crippen LogP contribution in [-0.4, -0.2) is 58.1 Å². The Balaban J connectivity index is 1.66. The van der Waals surface area contributed by atoms with Crippen LogP contribution in [0, 0.1) is 0 Å². The van der Waals surface area contributed by atoms with Crippen molar-refractivity contribution in [3.05, 3.63) is 72.3 Å². The van der Waals surface area contributed by atoms with Crippen LogP contribution in [0.25, 0.3) is 21.9 Å². The highest BCUT2D eigenvalue weighted by Gasteiger charge is 2.43. The minimum Gasteiger partial charge on any atom is -0.480 e. The average molecular weight is 404 g/mol. The molecule has 30 heavy (non-hydrogen) atoms. The van der Waals surface area contributed by atoms with Crippen LogP contribution in [0.3, 0.4) is 0 Å². The van der Waals surface area contributed by atoms with Gasteiger partial charge in [0.25, 0.3) is 5.91 Å². The summed E-state index contributed by atoms with van der Waals surface area (Å²) >= 11 is 0. The van der Waals surface area contributed by atoms with E-state index >= 15 is 0 Å². The fraction of sp³-hybridized carbons (Fsp3) is 0.174. The van der Waals surface area contributed by atoms with E-state index in [4.69, 9.17) is 0 Å². The predicted molar refractivity (Wildman–Crippen MR) is 111 cm³/mol. The van der Waals surface area contributed by atoms with Gasteiger partial charge in [0.1, 0.15) is 6.04 Å². The van der Waals surface area contributed by atoms with Crippen molar-refractivity contribution < 1.29 is 24.6 Å². The molecule has 1 heterocycles. The molecule has 1 saturated heterocycles. The number of rotatable bonds is 4. The van der Waals surface area contributed by atoms with Crippen molar-refractivity contribution in [1.82, 2.24) is 10.2 Å². The summed E-state index contributed by atoms with van der Waals surface area (Å²) in [6.07, 6.45) is 0. The Bertz CT molecular complexity index is 1130. The minimum atomic E-state index is -1.47. The molecule has 1 fully saturated rings. The number of nitrogens with zero attached hydrogens (tertiary/aromatic N) is 1. The highest BCUT2D eigenvalue weighted by molar-refractivity contribution is 6.01. The van der Waals surface area contributed by atoms with E-state index in [1.165, 1.54) is 0 Å².